The molecule has 0 bridgehead atoms. The van der Waals surface area contributed by atoms with Crippen molar-refractivity contribution in [3.63, 3.8) is 0 Å². The van der Waals surface area contributed by atoms with Gasteiger partial charge < -0.3 is 9.52 Å². The minimum atomic E-state index is -4.55. The minimum absolute atomic E-state index is 0.0302. The first kappa shape index (κ1) is 22.0. The van der Waals surface area contributed by atoms with E-state index in [1.807, 2.05) is 0 Å². The van der Waals surface area contributed by atoms with E-state index in [1.54, 1.807) is 0 Å². The quantitative estimate of drug-likeness (QED) is 0.572. The zero-order valence-electron chi connectivity index (χ0n) is 15.0. The number of carboxylic acid groups (broad SMARTS) is 1. The first-order chi connectivity index (χ1) is 14.1. The van der Waals surface area contributed by atoms with Crippen LogP contribution in [0, 0.1) is 0 Å². The van der Waals surface area contributed by atoms with Gasteiger partial charge in [0.1, 0.15) is 11.5 Å². The number of thioether (sulfide) groups is 1. The molecule has 0 saturated carbocycles. The van der Waals surface area contributed by atoms with Crippen molar-refractivity contribution in [3.8, 4) is 11.3 Å². The summed E-state index contributed by atoms with van der Waals surface area (Å²) in [7, 11) is 0. The minimum Gasteiger partial charge on any atom is -0.481 e. The van der Waals surface area contributed by atoms with Crippen molar-refractivity contribution >= 4 is 46.6 Å². The number of hydrogen-bond donors (Lipinski definition) is 1. The van der Waals surface area contributed by atoms with Crippen LogP contribution in [0.25, 0.3) is 17.4 Å². The van der Waals surface area contributed by atoms with E-state index in [1.165, 1.54) is 18.2 Å². The molecule has 1 aromatic carbocycles. The Morgan fingerprint density at radius 3 is 2.63 bits per heavy atom. The van der Waals surface area contributed by atoms with Gasteiger partial charge in [-0.25, -0.2) is 0 Å². The molecule has 0 spiro atoms. The van der Waals surface area contributed by atoms with Crippen LogP contribution < -0.4 is 0 Å². The van der Waals surface area contributed by atoms with Crippen molar-refractivity contribution in [2.75, 3.05) is 6.54 Å². The monoisotopic (exact) mass is 459 g/mol. The van der Waals surface area contributed by atoms with E-state index in [9.17, 15) is 27.6 Å². The summed E-state index contributed by atoms with van der Waals surface area (Å²) in [6.07, 6.45) is -3.30. The number of amides is 2. The lowest BCUT2D eigenvalue weighted by molar-refractivity contribution is -0.138. The van der Waals surface area contributed by atoms with Gasteiger partial charge in [0.25, 0.3) is 11.1 Å². The van der Waals surface area contributed by atoms with E-state index >= 15 is 0 Å². The van der Waals surface area contributed by atoms with Crippen LogP contribution in [0.3, 0.4) is 0 Å². The number of aliphatic carboxylic acids is 1. The molecule has 1 N–H and O–H groups in total. The summed E-state index contributed by atoms with van der Waals surface area (Å²) in [4.78, 5) is 35.9. The van der Waals surface area contributed by atoms with Crippen molar-refractivity contribution in [3.05, 3.63) is 51.6 Å². The van der Waals surface area contributed by atoms with Gasteiger partial charge in [0.15, 0.2) is 0 Å². The number of imide groups is 1. The van der Waals surface area contributed by atoms with Gasteiger partial charge in [-0.3, -0.25) is 19.3 Å². The third kappa shape index (κ3) is 4.88. The van der Waals surface area contributed by atoms with Gasteiger partial charge in [-0.05, 0) is 48.5 Å². The molecule has 1 aromatic heterocycles. The molecule has 1 aliphatic heterocycles. The van der Waals surface area contributed by atoms with Crippen LogP contribution in [-0.4, -0.2) is 33.7 Å². The summed E-state index contributed by atoms with van der Waals surface area (Å²) < 4.78 is 44.4. The molecule has 1 saturated heterocycles. The summed E-state index contributed by atoms with van der Waals surface area (Å²) in [5, 5.41) is 8.17. The van der Waals surface area contributed by atoms with Crippen LogP contribution >= 0.6 is 23.4 Å². The number of nitrogens with zero attached hydrogens (tertiary/aromatic N) is 1. The van der Waals surface area contributed by atoms with Gasteiger partial charge in [0.05, 0.1) is 15.5 Å². The number of alkyl halides is 3. The number of furan rings is 1. The van der Waals surface area contributed by atoms with Crippen LogP contribution in [-0.2, 0) is 15.8 Å². The molecule has 30 heavy (non-hydrogen) atoms. The fourth-order valence-corrected chi connectivity index (χ4v) is 3.73. The van der Waals surface area contributed by atoms with Crippen molar-refractivity contribution in [2.45, 2.75) is 19.0 Å². The predicted octanol–water partition coefficient (Wildman–Crippen LogP) is 5.52. The van der Waals surface area contributed by atoms with E-state index in [0.29, 0.717) is 11.8 Å². The van der Waals surface area contributed by atoms with E-state index in [0.717, 1.165) is 23.1 Å². The number of halogens is 4. The van der Waals surface area contributed by atoms with Crippen molar-refractivity contribution in [1.29, 1.82) is 0 Å². The third-order valence-electron chi connectivity index (χ3n) is 4.11. The fourth-order valence-electron chi connectivity index (χ4n) is 2.68. The lowest BCUT2D eigenvalue weighted by atomic mass is 10.1. The zero-order chi connectivity index (χ0) is 22.1. The van der Waals surface area contributed by atoms with E-state index in [-0.39, 0.29) is 46.4 Å². The second-order valence-electron chi connectivity index (χ2n) is 6.23. The second kappa shape index (κ2) is 8.57. The van der Waals surface area contributed by atoms with Gasteiger partial charge >= 0.3 is 12.1 Å². The van der Waals surface area contributed by atoms with Crippen LogP contribution in [0.15, 0.2) is 39.7 Å². The zero-order valence-corrected chi connectivity index (χ0v) is 16.6. The maximum absolute atomic E-state index is 12.9. The van der Waals surface area contributed by atoms with Crippen LogP contribution in [0.4, 0.5) is 18.0 Å². The van der Waals surface area contributed by atoms with E-state index in [2.05, 4.69) is 0 Å². The molecule has 0 atom stereocenters. The highest BCUT2D eigenvalue weighted by Crippen LogP contribution is 2.38. The lowest BCUT2D eigenvalue weighted by Crippen LogP contribution is -2.29. The number of rotatable bonds is 6. The standard InChI is InChI=1S/C19H13ClF3NO5S/c20-13-5-3-10(19(21,22)23)8-12(13)14-6-4-11(29-14)9-15-17(27)24(18(28)30-15)7-1-2-16(25)26/h3-6,8-9H,1-2,7H2,(H,25,26)/b15-9+. The Labute approximate surface area is 177 Å². The topological polar surface area (TPSA) is 87.8 Å². The molecule has 1 fully saturated rings. The Bertz CT molecular complexity index is 1050. The highest BCUT2D eigenvalue weighted by Gasteiger charge is 2.35. The lowest BCUT2D eigenvalue weighted by Gasteiger charge is -2.10. The molecule has 3 rings (SSSR count). The third-order valence-corrected chi connectivity index (χ3v) is 5.34. The summed E-state index contributed by atoms with van der Waals surface area (Å²) in [5.74, 6) is -1.41. The van der Waals surface area contributed by atoms with Gasteiger partial charge in [0, 0.05) is 24.6 Å². The normalized spacial score (nSPS) is 16.0. The Hall–Kier alpha value is -2.72. The van der Waals surface area contributed by atoms with Gasteiger partial charge in [-0.15, -0.1) is 0 Å². The average molecular weight is 460 g/mol. The summed E-state index contributed by atoms with van der Waals surface area (Å²) in [6.45, 7) is -0.0302. The average Bonchev–Trinajstić information content (AvgIpc) is 3.21. The SMILES string of the molecule is O=C(O)CCCN1C(=O)S/C(=C/c2ccc(-c3cc(C(F)(F)F)ccc3Cl)o2)C1=O. The molecule has 6 nitrogen and oxygen atoms in total. The maximum atomic E-state index is 12.9. The predicted molar refractivity (Wildman–Crippen MR) is 104 cm³/mol. The molecule has 0 unspecified atom stereocenters. The number of carbonyl (C=O) groups excluding carboxylic acids is 2. The van der Waals surface area contributed by atoms with Gasteiger partial charge in [-0.2, -0.15) is 13.2 Å². The van der Waals surface area contributed by atoms with Gasteiger partial charge in [-0.1, -0.05) is 11.6 Å². The van der Waals surface area contributed by atoms with Crippen LogP contribution in [0.1, 0.15) is 24.2 Å². The molecule has 2 aromatic rings. The Morgan fingerprint density at radius 2 is 1.97 bits per heavy atom. The number of carboxylic acids is 1. The first-order valence-corrected chi connectivity index (χ1v) is 9.70. The van der Waals surface area contributed by atoms with Gasteiger partial charge in [0.2, 0.25) is 0 Å². The van der Waals surface area contributed by atoms with E-state index < -0.39 is 28.9 Å². The molecule has 11 heteroatoms. The fraction of sp³-hybridized carbons (Fsp3) is 0.211. The highest BCUT2D eigenvalue weighted by atomic mass is 35.5. The number of hydrogen-bond acceptors (Lipinski definition) is 5. The molecule has 2 amide bonds. The van der Waals surface area contributed by atoms with Crippen molar-refractivity contribution in [2.24, 2.45) is 0 Å². The molecule has 0 aliphatic carbocycles. The summed E-state index contributed by atoms with van der Waals surface area (Å²) in [5.41, 5.74) is -0.852. The Morgan fingerprint density at radius 1 is 1.23 bits per heavy atom. The second-order valence-corrected chi connectivity index (χ2v) is 7.63. The number of carbonyl (C=O) groups is 3. The maximum Gasteiger partial charge on any atom is 0.416 e. The van der Waals surface area contributed by atoms with Crippen LogP contribution in [0.5, 0.6) is 0 Å². The van der Waals surface area contributed by atoms with E-state index in [4.69, 9.17) is 21.1 Å². The molecular weight excluding hydrogens is 447 g/mol. The summed E-state index contributed by atoms with van der Waals surface area (Å²) >= 11 is 6.66. The Kier molecular flexibility index (Phi) is 6.27. The van der Waals surface area contributed by atoms with Crippen molar-refractivity contribution < 1.29 is 37.1 Å². The highest BCUT2D eigenvalue weighted by molar-refractivity contribution is 8.18. The summed E-state index contributed by atoms with van der Waals surface area (Å²) in [6, 6.07) is 5.68. The largest absolute Gasteiger partial charge is 0.481 e. The molecule has 2 heterocycles. The molecule has 158 valence electrons. The smallest absolute Gasteiger partial charge is 0.416 e. The Balaban J connectivity index is 1.80. The van der Waals surface area contributed by atoms with Crippen molar-refractivity contribution in [1.82, 2.24) is 4.90 Å². The first-order valence-electron chi connectivity index (χ1n) is 8.50. The molecular formula is C19H13ClF3NO5S. The molecule has 1 aliphatic rings. The molecule has 0 radical (unpaired) electrons. The number of benzene rings is 1. The van der Waals surface area contributed by atoms with Crippen LogP contribution in [0.2, 0.25) is 5.02 Å².